The lowest BCUT2D eigenvalue weighted by molar-refractivity contribution is 0.0834. The second-order valence-electron chi connectivity index (χ2n) is 6.99. The van der Waals surface area contributed by atoms with Gasteiger partial charge in [0, 0.05) is 48.4 Å². The molecule has 0 saturated heterocycles. The van der Waals surface area contributed by atoms with Gasteiger partial charge in [-0.1, -0.05) is 5.21 Å². The number of nitrogens with zero attached hydrogens (tertiary/aromatic N) is 5. The summed E-state index contributed by atoms with van der Waals surface area (Å²) < 4.78 is 8.02. The molecule has 2 aromatic rings. The van der Waals surface area contributed by atoms with Crippen molar-refractivity contribution in [2.24, 2.45) is 0 Å². The first-order chi connectivity index (χ1) is 12.1. The fourth-order valence-electron chi connectivity index (χ4n) is 3.34. The van der Waals surface area contributed by atoms with Crippen LogP contribution >= 0.6 is 11.3 Å². The van der Waals surface area contributed by atoms with Crippen molar-refractivity contribution < 1.29 is 4.74 Å². The lowest BCUT2D eigenvalue weighted by Gasteiger charge is -2.32. The summed E-state index contributed by atoms with van der Waals surface area (Å²) in [4.78, 5) is 7.40. The van der Waals surface area contributed by atoms with Crippen LogP contribution in [0.25, 0.3) is 0 Å². The van der Waals surface area contributed by atoms with Crippen LogP contribution in [0.1, 0.15) is 34.0 Å². The first-order valence-electron chi connectivity index (χ1n) is 8.99. The molecule has 138 valence electrons. The van der Waals surface area contributed by atoms with E-state index in [0.717, 1.165) is 51.6 Å². The normalized spacial score (nSPS) is 18.0. The smallest absolute Gasteiger partial charge is 0.100 e. The van der Waals surface area contributed by atoms with E-state index in [4.69, 9.17) is 4.74 Å². The summed E-state index contributed by atoms with van der Waals surface area (Å²) in [5, 5.41) is 8.79. The second-order valence-corrected chi connectivity index (χ2v) is 8.37. The molecular weight excluding hydrogens is 334 g/mol. The highest BCUT2D eigenvalue weighted by molar-refractivity contribution is 7.11. The number of aromatic nitrogens is 3. The number of hydrogen-bond acceptors (Lipinski definition) is 6. The Labute approximate surface area is 154 Å². The Morgan fingerprint density at radius 2 is 2.20 bits per heavy atom. The van der Waals surface area contributed by atoms with Crippen LogP contribution in [0.5, 0.6) is 0 Å². The van der Waals surface area contributed by atoms with Crippen molar-refractivity contribution in [2.45, 2.75) is 39.4 Å². The third-order valence-corrected chi connectivity index (χ3v) is 5.55. The largest absolute Gasteiger partial charge is 0.379 e. The summed E-state index contributed by atoms with van der Waals surface area (Å²) in [5.74, 6) is 0.335. The van der Waals surface area contributed by atoms with Gasteiger partial charge in [-0.05, 0) is 40.1 Å². The fraction of sp³-hybridized carbons (Fsp3) is 0.667. The van der Waals surface area contributed by atoms with Crippen LogP contribution in [-0.2, 0) is 24.4 Å². The number of hydrogen-bond donors (Lipinski definition) is 0. The van der Waals surface area contributed by atoms with Crippen molar-refractivity contribution in [3.05, 3.63) is 33.3 Å². The lowest BCUT2D eigenvalue weighted by Crippen LogP contribution is -2.36. The highest BCUT2D eigenvalue weighted by atomic mass is 32.1. The molecule has 7 heteroatoms. The predicted octanol–water partition coefficient (Wildman–Crippen LogP) is 2.35. The van der Waals surface area contributed by atoms with Crippen LogP contribution in [0.3, 0.4) is 0 Å². The third-order valence-electron chi connectivity index (χ3n) is 4.56. The summed E-state index contributed by atoms with van der Waals surface area (Å²) in [6.07, 6.45) is 0. The van der Waals surface area contributed by atoms with Gasteiger partial charge in [-0.15, -0.1) is 16.4 Å². The maximum Gasteiger partial charge on any atom is 0.100 e. The molecule has 0 aliphatic carbocycles. The van der Waals surface area contributed by atoms with E-state index in [-0.39, 0.29) is 0 Å². The van der Waals surface area contributed by atoms with Gasteiger partial charge >= 0.3 is 0 Å². The highest BCUT2D eigenvalue weighted by Gasteiger charge is 2.30. The molecular formula is C18H29N5OS. The summed E-state index contributed by atoms with van der Waals surface area (Å²) in [7, 11) is 4.14. The number of rotatable bonds is 8. The molecule has 1 aliphatic rings. The zero-order valence-electron chi connectivity index (χ0n) is 15.7. The van der Waals surface area contributed by atoms with Gasteiger partial charge in [0.25, 0.3) is 0 Å². The summed E-state index contributed by atoms with van der Waals surface area (Å²) >= 11 is 1.88. The van der Waals surface area contributed by atoms with Gasteiger partial charge in [0.15, 0.2) is 0 Å². The van der Waals surface area contributed by atoms with Crippen molar-refractivity contribution in [1.29, 1.82) is 0 Å². The van der Waals surface area contributed by atoms with Crippen molar-refractivity contribution in [3.63, 3.8) is 0 Å². The van der Waals surface area contributed by atoms with Crippen LogP contribution in [0.15, 0.2) is 12.1 Å². The Balaban J connectivity index is 1.69. The van der Waals surface area contributed by atoms with E-state index in [9.17, 15) is 0 Å². The molecule has 3 rings (SSSR count). The average Bonchev–Trinajstić information content (AvgIpc) is 3.17. The molecule has 3 heterocycles. The summed E-state index contributed by atoms with van der Waals surface area (Å²) in [6, 6.07) is 4.44. The van der Waals surface area contributed by atoms with E-state index >= 15 is 0 Å². The topological polar surface area (TPSA) is 46.4 Å². The van der Waals surface area contributed by atoms with Gasteiger partial charge in [-0.3, -0.25) is 4.90 Å². The standard InChI is InChI=1S/C18H29N5OS/c1-5-23-18-15(13-24-9-8-21(3)4)10-22(12-17(18)19-20-23)11-16-7-6-14(2)25-16/h6-7,15H,5,8-13H2,1-4H3/t15-/m0/s1. The van der Waals surface area contributed by atoms with Crippen molar-refractivity contribution in [2.75, 3.05) is 40.4 Å². The highest BCUT2D eigenvalue weighted by Crippen LogP contribution is 2.29. The van der Waals surface area contributed by atoms with Gasteiger partial charge in [-0.25, -0.2) is 4.68 Å². The number of aryl methyl sites for hydroxylation is 2. The quantitative estimate of drug-likeness (QED) is 0.674. The van der Waals surface area contributed by atoms with Crippen LogP contribution in [0.2, 0.25) is 0 Å². The summed E-state index contributed by atoms with van der Waals surface area (Å²) in [5.41, 5.74) is 2.38. The number of fused-ring (bicyclic) bond motifs is 1. The molecule has 0 saturated carbocycles. The maximum atomic E-state index is 5.98. The molecule has 0 unspecified atom stereocenters. The van der Waals surface area contributed by atoms with E-state index in [0.29, 0.717) is 5.92 Å². The molecule has 0 bridgehead atoms. The molecule has 1 aliphatic heterocycles. The SMILES string of the molecule is CCn1nnc2c1[C@H](COCCN(C)C)CN(Cc1ccc(C)s1)C2. The first-order valence-corrected chi connectivity index (χ1v) is 9.80. The Morgan fingerprint density at radius 1 is 1.36 bits per heavy atom. The summed E-state index contributed by atoms with van der Waals surface area (Å²) in [6.45, 7) is 10.4. The van der Waals surface area contributed by atoms with Crippen LogP contribution in [0.4, 0.5) is 0 Å². The molecule has 0 aromatic carbocycles. The Bertz CT molecular complexity index is 681. The fourth-order valence-corrected chi connectivity index (χ4v) is 4.27. The van der Waals surface area contributed by atoms with E-state index in [1.165, 1.54) is 15.4 Å². The molecule has 0 fully saturated rings. The lowest BCUT2D eigenvalue weighted by atomic mass is 9.99. The predicted molar refractivity (Wildman–Crippen MR) is 101 cm³/mol. The minimum absolute atomic E-state index is 0.335. The zero-order valence-corrected chi connectivity index (χ0v) is 16.6. The van der Waals surface area contributed by atoms with E-state index in [2.05, 4.69) is 60.2 Å². The Hall–Kier alpha value is -1.28. The molecule has 6 nitrogen and oxygen atoms in total. The average molecular weight is 364 g/mol. The van der Waals surface area contributed by atoms with Crippen LogP contribution < -0.4 is 0 Å². The minimum Gasteiger partial charge on any atom is -0.379 e. The maximum absolute atomic E-state index is 5.98. The zero-order chi connectivity index (χ0) is 17.8. The molecule has 0 radical (unpaired) electrons. The van der Waals surface area contributed by atoms with Crippen molar-refractivity contribution in [3.8, 4) is 0 Å². The van der Waals surface area contributed by atoms with E-state index < -0.39 is 0 Å². The van der Waals surface area contributed by atoms with Gasteiger partial charge in [0.1, 0.15) is 5.69 Å². The molecule has 0 amide bonds. The molecule has 0 N–H and O–H groups in total. The van der Waals surface area contributed by atoms with Crippen LogP contribution in [0, 0.1) is 6.92 Å². The van der Waals surface area contributed by atoms with Crippen molar-refractivity contribution in [1.82, 2.24) is 24.8 Å². The number of likely N-dealkylation sites (N-methyl/N-ethyl adjacent to an activating group) is 1. The third kappa shape index (κ3) is 4.67. The van der Waals surface area contributed by atoms with E-state index in [1.54, 1.807) is 0 Å². The first kappa shape index (κ1) is 18.5. The molecule has 1 atom stereocenters. The van der Waals surface area contributed by atoms with Gasteiger partial charge < -0.3 is 9.64 Å². The van der Waals surface area contributed by atoms with Gasteiger partial charge in [-0.2, -0.15) is 0 Å². The minimum atomic E-state index is 0.335. The Kier molecular flexibility index (Phi) is 6.22. The van der Waals surface area contributed by atoms with E-state index in [1.807, 2.05) is 16.0 Å². The molecule has 0 spiro atoms. The van der Waals surface area contributed by atoms with Gasteiger partial charge in [0.05, 0.1) is 18.9 Å². The monoisotopic (exact) mass is 363 g/mol. The molecule has 25 heavy (non-hydrogen) atoms. The van der Waals surface area contributed by atoms with Gasteiger partial charge in [0.2, 0.25) is 0 Å². The van der Waals surface area contributed by atoms with Crippen molar-refractivity contribution >= 4 is 11.3 Å². The molecule has 2 aromatic heterocycles. The Morgan fingerprint density at radius 3 is 2.88 bits per heavy atom. The number of ether oxygens (including phenoxy) is 1. The second kappa shape index (κ2) is 8.40. The number of thiophene rings is 1. The van der Waals surface area contributed by atoms with Crippen LogP contribution in [-0.4, -0.2) is 65.2 Å².